The number of benzene rings is 2. The van der Waals surface area contributed by atoms with Crippen LogP contribution in [0, 0.1) is 0 Å². The lowest BCUT2D eigenvalue weighted by atomic mass is 10.1. The van der Waals surface area contributed by atoms with E-state index in [9.17, 15) is 9.59 Å². The summed E-state index contributed by atoms with van der Waals surface area (Å²) in [6.45, 7) is 0.554. The maximum Gasteiger partial charge on any atom is 0.251 e. The number of thiazole rings is 1. The molecule has 2 N–H and O–H groups in total. The number of aryl methyl sites for hydroxylation is 1. The lowest BCUT2D eigenvalue weighted by Crippen LogP contribution is -2.25. The highest BCUT2D eigenvalue weighted by molar-refractivity contribution is 7.23. The van der Waals surface area contributed by atoms with Crippen molar-refractivity contribution < 1.29 is 9.59 Å². The van der Waals surface area contributed by atoms with Gasteiger partial charge in [-0.25, -0.2) is 4.98 Å². The largest absolute Gasteiger partial charge is 0.355 e. The Morgan fingerprint density at radius 3 is 2.55 bits per heavy atom. The molecule has 0 atom stereocenters. The molecule has 5 rings (SSSR count). The number of nitrogens with zero attached hydrogens (tertiary/aromatic N) is 4. The van der Waals surface area contributed by atoms with E-state index in [0.717, 1.165) is 38.4 Å². The van der Waals surface area contributed by atoms with E-state index < -0.39 is 0 Å². The van der Waals surface area contributed by atoms with Gasteiger partial charge in [0.1, 0.15) is 0 Å². The average Bonchev–Trinajstić information content (AvgIpc) is 3.52. The third-order valence-corrected chi connectivity index (χ3v) is 6.50. The number of nitrogens with one attached hydrogen (secondary N) is 2. The summed E-state index contributed by atoms with van der Waals surface area (Å²) in [7, 11) is 3.49. The zero-order chi connectivity index (χ0) is 22.9. The molecule has 2 aromatic carbocycles. The first-order chi connectivity index (χ1) is 16.0. The molecule has 2 amide bonds. The zero-order valence-electron chi connectivity index (χ0n) is 18.2. The molecule has 0 aliphatic heterocycles. The number of imidazole rings is 1. The van der Waals surface area contributed by atoms with Crippen LogP contribution < -0.4 is 10.6 Å². The highest BCUT2D eigenvalue weighted by Crippen LogP contribution is 2.30. The average molecular weight is 459 g/mol. The lowest BCUT2D eigenvalue weighted by Gasteiger charge is -2.04. The molecule has 3 aromatic heterocycles. The maximum absolute atomic E-state index is 12.6. The van der Waals surface area contributed by atoms with Crippen LogP contribution in [-0.4, -0.2) is 44.6 Å². The van der Waals surface area contributed by atoms with Crippen molar-refractivity contribution in [1.29, 1.82) is 0 Å². The van der Waals surface area contributed by atoms with Gasteiger partial charge >= 0.3 is 0 Å². The van der Waals surface area contributed by atoms with Gasteiger partial charge in [-0.1, -0.05) is 23.5 Å². The molecule has 8 nitrogen and oxygen atoms in total. The minimum atomic E-state index is -0.115. The molecule has 0 fully saturated rings. The molecule has 33 heavy (non-hydrogen) atoms. The van der Waals surface area contributed by atoms with E-state index in [1.807, 2.05) is 60.4 Å². The molecular formula is C24H22N6O2S. The van der Waals surface area contributed by atoms with E-state index >= 15 is 0 Å². The van der Waals surface area contributed by atoms with Crippen LogP contribution in [0.15, 0.2) is 61.1 Å². The molecule has 0 bridgehead atoms. The van der Waals surface area contributed by atoms with Gasteiger partial charge in [0.15, 0.2) is 4.96 Å². The van der Waals surface area contributed by atoms with Crippen LogP contribution in [0.4, 0.5) is 0 Å². The van der Waals surface area contributed by atoms with E-state index in [1.165, 1.54) is 0 Å². The quantitative estimate of drug-likeness (QED) is 0.408. The van der Waals surface area contributed by atoms with Gasteiger partial charge in [0.25, 0.3) is 11.8 Å². The van der Waals surface area contributed by atoms with Gasteiger partial charge in [-0.3, -0.25) is 18.7 Å². The summed E-state index contributed by atoms with van der Waals surface area (Å²) in [5.74, 6) is -0.209. The minimum Gasteiger partial charge on any atom is -0.355 e. The molecule has 9 heteroatoms. The molecule has 3 heterocycles. The van der Waals surface area contributed by atoms with Gasteiger partial charge in [0.2, 0.25) is 0 Å². The monoisotopic (exact) mass is 458 g/mol. The van der Waals surface area contributed by atoms with Crippen molar-refractivity contribution in [2.24, 2.45) is 7.05 Å². The molecule has 166 valence electrons. The number of carbonyl (C=O) groups excluding carboxylic acids is 2. The van der Waals surface area contributed by atoms with Crippen molar-refractivity contribution in [3.8, 4) is 11.3 Å². The van der Waals surface area contributed by atoms with E-state index in [0.29, 0.717) is 17.7 Å². The Balaban J connectivity index is 1.33. The van der Waals surface area contributed by atoms with E-state index in [1.54, 1.807) is 35.2 Å². The van der Waals surface area contributed by atoms with Crippen molar-refractivity contribution in [2.45, 2.75) is 6.42 Å². The molecule has 0 unspecified atom stereocenters. The summed E-state index contributed by atoms with van der Waals surface area (Å²) in [6, 6.07) is 13.1. The third-order valence-electron chi connectivity index (χ3n) is 5.48. The minimum absolute atomic E-state index is 0.0938. The van der Waals surface area contributed by atoms with Crippen molar-refractivity contribution in [3.63, 3.8) is 0 Å². The van der Waals surface area contributed by atoms with Gasteiger partial charge in [-0.2, -0.15) is 5.10 Å². The Labute approximate surface area is 193 Å². The van der Waals surface area contributed by atoms with E-state index in [-0.39, 0.29) is 11.8 Å². The van der Waals surface area contributed by atoms with Crippen LogP contribution >= 0.6 is 11.3 Å². The number of fused-ring (bicyclic) bond motifs is 3. The van der Waals surface area contributed by atoms with Crippen LogP contribution in [0.25, 0.3) is 26.4 Å². The fourth-order valence-corrected chi connectivity index (χ4v) is 4.79. The number of carbonyl (C=O) groups is 2. The SMILES string of the molecule is CNC(=O)c1ccc(-c2cn3c(n2)sc2cc(C(=O)NCCc4cnn(C)c4)ccc23)cc1. The zero-order valence-corrected chi connectivity index (χ0v) is 19.0. The molecule has 0 aliphatic rings. The van der Waals surface area contributed by atoms with Crippen LogP contribution in [0.3, 0.4) is 0 Å². The topological polar surface area (TPSA) is 93.3 Å². The number of rotatable bonds is 6. The fraction of sp³-hybridized carbons (Fsp3) is 0.167. The van der Waals surface area contributed by atoms with Crippen LogP contribution in [0.1, 0.15) is 26.3 Å². The van der Waals surface area contributed by atoms with E-state index in [2.05, 4.69) is 15.7 Å². The molecule has 0 saturated carbocycles. The Hall–Kier alpha value is -3.98. The maximum atomic E-state index is 12.6. The number of amides is 2. The Kier molecular flexibility index (Phi) is 5.39. The molecule has 0 saturated heterocycles. The first-order valence-corrected chi connectivity index (χ1v) is 11.3. The van der Waals surface area contributed by atoms with Crippen molar-refractivity contribution in [3.05, 3.63) is 77.7 Å². The molecule has 0 spiro atoms. The summed E-state index contributed by atoms with van der Waals surface area (Å²) in [6.07, 6.45) is 6.48. The summed E-state index contributed by atoms with van der Waals surface area (Å²) < 4.78 is 4.79. The normalized spacial score (nSPS) is 11.2. The highest BCUT2D eigenvalue weighted by atomic mass is 32.1. The lowest BCUT2D eigenvalue weighted by molar-refractivity contribution is 0.0949. The standard InChI is InChI=1S/C24H22N6O2S/c1-25-22(31)17-5-3-16(4-6-17)19-14-30-20-8-7-18(11-21(20)33-24(30)28-19)23(32)26-10-9-15-12-27-29(2)13-15/h3-8,11-14H,9-10H2,1-2H3,(H,25,31)(H,26,32). The van der Waals surface area contributed by atoms with Crippen molar-refractivity contribution in [2.75, 3.05) is 13.6 Å². The smallest absolute Gasteiger partial charge is 0.251 e. The number of hydrogen-bond donors (Lipinski definition) is 2. The van der Waals surface area contributed by atoms with Gasteiger partial charge < -0.3 is 10.6 Å². The first-order valence-electron chi connectivity index (χ1n) is 10.5. The van der Waals surface area contributed by atoms with Gasteiger partial charge in [-0.15, -0.1) is 0 Å². The summed E-state index contributed by atoms with van der Waals surface area (Å²) in [5, 5.41) is 9.74. The second-order valence-electron chi connectivity index (χ2n) is 7.75. The predicted molar refractivity (Wildman–Crippen MR) is 129 cm³/mol. The highest BCUT2D eigenvalue weighted by Gasteiger charge is 2.13. The van der Waals surface area contributed by atoms with Crippen molar-refractivity contribution in [1.82, 2.24) is 29.8 Å². The Morgan fingerprint density at radius 1 is 1.03 bits per heavy atom. The van der Waals surface area contributed by atoms with Crippen LogP contribution in [0.5, 0.6) is 0 Å². The molecule has 0 aliphatic carbocycles. The summed E-state index contributed by atoms with van der Waals surface area (Å²) in [4.78, 5) is 29.9. The second-order valence-corrected chi connectivity index (χ2v) is 8.76. The summed E-state index contributed by atoms with van der Waals surface area (Å²) >= 11 is 1.54. The first kappa shape index (κ1) is 20.9. The fourth-order valence-electron chi connectivity index (χ4n) is 3.74. The molecule has 0 radical (unpaired) electrons. The van der Waals surface area contributed by atoms with Gasteiger partial charge in [-0.05, 0) is 42.3 Å². The van der Waals surface area contributed by atoms with Gasteiger partial charge in [0.05, 0.1) is 22.1 Å². The molecular weight excluding hydrogens is 436 g/mol. The second kappa shape index (κ2) is 8.51. The third kappa shape index (κ3) is 4.10. The Bertz CT molecular complexity index is 1480. The van der Waals surface area contributed by atoms with Crippen LogP contribution in [0.2, 0.25) is 0 Å². The summed E-state index contributed by atoms with van der Waals surface area (Å²) in [5.41, 5.74) is 5.11. The Morgan fingerprint density at radius 2 is 1.82 bits per heavy atom. The number of aromatic nitrogens is 4. The van der Waals surface area contributed by atoms with E-state index in [4.69, 9.17) is 4.98 Å². The van der Waals surface area contributed by atoms with Gasteiger partial charge in [0, 0.05) is 49.7 Å². The van der Waals surface area contributed by atoms with Crippen LogP contribution in [-0.2, 0) is 13.5 Å². The molecule has 5 aromatic rings. The predicted octanol–water partition coefficient (Wildman–Crippen LogP) is 3.28. The number of hydrogen-bond acceptors (Lipinski definition) is 5. The van der Waals surface area contributed by atoms with Crippen molar-refractivity contribution >= 4 is 38.3 Å².